The van der Waals surface area contributed by atoms with Gasteiger partial charge in [0.2, 0.25) is 5.91 Å². The summed E-state index contributed by atoms with van der Waals surface area (Å²) in [6, 6.07) is 8.67. The molecule has 1 aliphatic heterocycles. The molecule has 2 atom stereocenters. The van der Waals surface area contributed by atoms with Crippen LogP contribution in [0.1, 0.15) is 45.1 Å². The van der Waals surface area contributed by atoms with Crippen molar-refractivity contribution in [2.75, 3.05) is 26.8 Å². The van der Waals surface area contributed by atoms with E-state index >= 15 is 0 Å². The molecule has 0 aromatic heterocycles. The zero-order valence-electron chi connectivity index (χ0n) is 22.4. The number of benzene rings is 1. The van der Waals surface area contributed by atoms with Gasteiger partial charge in [0.05, 0.1) is 12.1 Å². The fourth-order valence-electron chi connectivity index (χ4n) is 4.27. The first kappa shape index (κ1) is 30.4. The molecule has 2 amide bonds. The quantitative estimate of drug-likeness (QED) is 0.137. The average molecular weight is 511 g/mol. The van der Waals surface area contributed by atoms with Gasteiger partial charge in [0, 0.05) is 25.6 Å². The smallest absolute Gasteiger partial charge is 0.409 e. The summed E-state index contributed by atoms with van der Waals surface area (Å²) in [5.74, 6) is -0.569. The minimum atomic E-state index is -0.844. The van der Waals surface area contributed by atoms with E-state index in [4.69, 9.17) is 9.31 Å². The van der Waals surface area contributed by atoms with Crippen LogP contribution in [0.2, 0.25) is 0 Å². The van der Waals surface area contributed by atoms with Crippen molar-refractivity contribution in [3.63, 3.8) is 0 Å². The second kappa shape index (κ2) is 16.8. The van der Waals surface area contributed by atoms with Gasteiger partial charge in [-0.05, 0) is 57.8 Å². The zero-order chi connectivity index (χ0) is 27.0. The summed E-state index contributed by atoms with van der Waals surface area (Å²) < 4.78 is 12.2. The van der Waals surface area contributed by atoms with Gasteiger partial charge < -0.3 is 25.3 Å². The first-order valence-electron chi connectivity index (χ1n) is 13.0. The Balaban J connectivity index is 2.09. The summed E-state index contributed by atoms with van der Waals surface area (Å²) in [6.07, 6.45) is 5.48. The Labute approximate surface area is 221 Å². The molecule has 2 rings (SSSR count). The minimum absolute atomic E-state index is 0.0145. The van der Waals surface area contributed by atoms with Crippen LogP contribution in [0.25, 0.3) is 0 Å². The van der Waals surface area contributed by atoms with Crippen LogP contribution < -0.4 is 16.0 Å². The number of nitrogens with zero attached hydrogens (tertiary/aromatic N) is 2. The van der Waals surface area contributed by atoms with Crippen molar-refractivity contribution in [2.24, 2.45) is 21.8 Å². The SMILES string of the molecule is C=N/C=C(\N=C)C(=O)N[C@@H](Cc1ccccc1)C(=O)N[C@@H](CC(C)C)B1OCC(CCCCNC)CO1. The summed E-state index contributed by atoms with van der Waals surface area (Å²) in [5, 5.41) is 9.04. The standard InChI is InChI=1S/C27H42BN5O4/c1-20(2)15-25(28-36-18-22(19-37-28)13-9-10-14-29-3)33-26(34)23(16-21-11-7-6-8-12-21)32-27(35)24(31-5)17-30-4/h6-8,11-12,17,20,22-23,25,29H,4-5,9-10,13-16,18-19H2,1-3H3,(H,32,35)(H,33,34)/b24-17-/t23-,25-/m0/s1. The van der Waals surface area contributed by atoms with Crippen LogP contribution in [-0.4, -0.2) is 71.2 Å². The predicted molar refractivity (Wildman–Crippen MR) is 150 cm³/mol. The van der Waals surface area contributed by atoms with Gasteiger partial charge in [-0.2, -0.15) is 0 Å². The molecule has 1 aromatic carbocycles. The summed E-state index contributed by atoms with van der Waals surface area (Å²) in [6.45, 7) is 13.2. The fraction of sp³-hybridized carbons (Fsp3) is 0.556. The third kappa shape index (κ3) is 11.0. The van der Waals surface area contributed by atoms with Gasteiger partial charge in [0.15, 0.2) is 0 Å². The first-order chi connectivity index (χ1) is 17.9. The maximum absolute atomic E-state index is 13.5. The van der Waals surface area contributed by atoms with Crippen molar-refractivity contribution < 1.29 is 18.9 Å². The summed E-state index contributed by atoms with van der Waals surface area (Å²) in [5.41, 5.74) is 0.896. The van der Waals surface area contributed by atoms with Crippen LogP contribution in [-0.2, 0) is 25.3 Å². The Morgan fingerprint density at radius 1 is 1.14 bits per heavy atom. The Hall–Kier alpha value is -2.82. The number of aliphatic imine (C=N–C) groups is 2. The molecular weight excluding hydrogens is 469 g/mol. The van der Waals surface area contributed by atoms with Gasteiger partial charge in [0.1, 0.15) is 11.7 Å². The number of carbonyl (C=O) groups excluding carboxylic acids is 2. The van der Waals surface area contributed by atoms with E-state index in [1.807, 2.05) is 37.4 Å². The number of amides is 2. The van der Waals surface area contributed by atoms with E-state index in [1.54, 1.807) is 0 Å². The van der Waals surface area contributed by atoms with E-state index in [2.05, 4.69) is 53.2 Å². The highest BCUT2D eigenvalue weighted by atomic mass is 16.6. The van der Waals surface area contributed by atoms with Crippen LogP contribution in [0.3, 0.4) is 0 Å². The minimum Gasteiger partial charge on any atom is -0.409 e. The highest BCUT2D eigenvalue weighted by Crippen LogP contribution is 2.20. The molecule has 1 aliphatic rings. The lowest BCUT2D eigenvalue weighted by Crippen LogP contribution is -2.57. The number of hydrogen-bond acceptors (Lipinski definition) is 7. The molecule has 0 saturated carbocycles. The summed E-state index contributed by atoms with van der Waals surface area (Å²) in [7, 11) is 1.42. The summed E-state index contributed by atoms with van der Waals surface area (Å²) >= 11 is 0. The van der Waals surface area contributed by atoms with Gasteiger partial charge in [-0.1, -0.05) is 50.6 Å². The van der Waals surface area contributed by atoms with Crippen molar-refractivity contribution in [2.45, 2.75) is 57.9 Å². The molecule has 0 bridgehead atoms. The number of nitrogens with one attached hydrogen (secondary N) is 3. The third-order valence-electron chi connectivity index (χ3n) is 6.18. The van der Waals surface area contributed by atoms with Crippen LogP contribution in [0, 0.1) is 11.8 Å². The predicted octanol–water partition coefficient (Wildman–Crippen LogP) is 2.57. The number of hydrogen-bond donors (Lipinski definition) is 3. The molecule has 9 nitrogen and oxygen atoms in total. The lowest BCUT2D eigenvalue weighted by Gasteiger charge is -2.33. The molecule has 0 radical (unpaired) electrons. The van der Waals surface area contributed by atoms with Crippen molar-refractivity contribution >= 4 is 32.4 Å². The first-order valence-corrected chi connectivity index (χ1v) is 13.0. The lowest BCUT2D eigenvalue weighted by atomic mass is 9.72. The van der Waals surface area contributed by atoms with Gasteiger partial charge in [-0.25, -0.2) is 0 Å². The molecule has 0 unspecified atom stereocenters. The molecule has 3 N–H and O–H groups in total. The largest absolute Gasteiger partial charge is 0.480 e. The Kier molecular flexibility index (Phi) is 13.8. The van der Waals surface area contributed by atoms with E-state index in [0.717, 1.165) is 31.4 Å². The highest BCUT2D eigenvalue weighted by Gasteiger charge is 2.38. The molecule has 1 heterocycles. The number of carbonyl (C=O) groups is 2. The highest BCUT2D eigenvalue weighted by molar-refractivity contribution is 6.47. The average Bonchev–Trinajstić information content (AvgIpc) is 2.89. The Morgan fingerprint density at radius 3 is 2.43 bits per heavy atom. The molecule has 0 spiro atoms. The Morgan fingerprint density at radius 2 is 1.84 bits per heavy atom. The van der Waals surface area contributed by atoms with Crippen LogP contribution in [0.15, 0.2) is 52.2 Å². The molecular formula is C27H42BN5O4. The number of unbranched alkanes of at least 4 members (excludes halogenated alkanes) is 1. The molecule has 37 heavy (non-hydrogen) atoms. The second-order valence-electron chi connectivity index (χ2n) is 9.82. The van der Waals surface area contributed by atoms with Gasteiger partial charge in [0.25, 0.3) is 5.91 Å². The fourth-order valence-corrected chi connectivity index (χ4v) is 4.27. The normalized spacial score (nSPS) is 16.2. The van der Waals surface area contributed by atoms with Crippen LogP contribution in [0.4, 0.5) is 0 Å². The van der Waals surface area contributed by atoms with Crippen molar-refractivity contribution in [1.29, 1.82) is 0 Å². The van der Waals surface area contributed by atoms with E-state index in [-0.39, 0.29) is 17.5 Å². The van der Waals surface area contributed by atoms with Crippen molar-refractivity contribution in [1.82, 2.24) is 16.0 Å². The third-order valence-corrected chi connectivity index (χ3v) is 6.18. The topological polar surface area (TPSA) is 113 Å². The zero-order valence-corrected chi connectivity index (χ0v) is 22.4. The molecule has 1 aromatic rings. The van der Waals surface area contributed by atoms with E-state index in [9.17, 15) is 9.59 Å². The Bertz CT molecular complexity index is 888. The van der Waals surface area contributed by atoms with E-state index < -0.39 is 19.1 Å². The molecule has 1 saturated heterocycles. The van der Waals surface area contributed by atoms with E-state index in [1.165, 1.54) is 6.20 Å². The van der Waals surface area contributed by atoms with Crippen molar-refractivity contribution in [3.8, 4) is 0 Å². The summed E-state index contributed by atoms with van der Waals surface area (Å²) in [4.78, 5) is 33.6. The van der Waals surface area contributed by atoms with Gasteiger partial charge >= 0.3 is 7.12 Å². The number of rotatable bonds is 16. The second-order valence-corrected chi connectivity index (χ2v) is 9.82. The van der Waals surface area contributed by atoms with Crippen LogP contribution >= 0.6 is 0 Å². The van der Waals surface area contributed by atoms with Gasteiger partial charge in [-0.3, -0.25) is 19.6 Å². The molecule has 1 fully saturated rings. The van der Waals surface area contributed by atoms with Crippen LogP contribution in [0.5, 0.6) is 0 Å². The maximum atomic E-state index is 13.5. The molecule has 0 aliphatic carbocycles. The van der Waals surface area contributed by atoms with Crippen molar-refractivity contribution in [3.05, 3.63) is 47.8 Å². The molecule has 202 valence electrons. The molecule has 10 heteroatoms. The maximum Gasteiger partial charge on any atom is 0.480 e. The van der Waals surface area contributed by atoms with E-state index in [0.29, 0.717) is 37.9 Å². The lowest BCUT2D eigenvalue weighted by molar-refractivity contribution is -0.127. The van der Waals surface area contributed by atoms with Gasteiger partial charge in [-0.15, -0.1) is 0 Å². The monoisotopic (exact) mass is 511 g/mol.